The van der Waals surface area contributed by atoms with Crippen LogP contribution in [0.15, 0.2) is 23.1 Å². The highest BCUT2D eigenvalue weighted by molar-refractivity contribution is 8.00. The highest BCUT2D eigenvalue weighted by Gasteiger charge is 2.32. The van der Waals surface area contributed by atoms with Crippen molar-refractivity contribution in [3.63, 3.8) is 0 Å². The maximum atomic E-state index is 12.3. The van der Waals surface area contributed by atoms with E-state index < -0.39 is 5.51 Å². The van der Waals surface area contributed by atoms with Gasteiger partial charge >= 0.3 is 5.51 Å². The molecule has 0 aromatic heterocycles. The molecule has 16 heavy (non-hydrogen) atoms. The second kappa shape index (κ2) is 5.10. The summed E-state index contributed by atoms with van der Waals surface area (Å²) in [5, 5.41) is -0.0541. The molecule has 1 aromatic rings. The molecule has 0 aliphatic carbocycles. The summed E-state index contributed by atoms with van der Waals surface area (Å²) < 4.78 is 36.8. The molecule has 0 atom stereocenters. The zero-order chi connectivity index (χ0) is 12.3. The fraction of sp³-hybridized carbons (Fsp3) is 0.300. The van der Waals surface area contributed by atoms with Crippen LogP contribution in [0.4, 0.5) is 13.2 Å². The van der Waals surface area contributed by atoms with Crippen LogP contribution in [0.1, 0.15) is 23.7 Å². The molecular formula is C10H8ClF3OS. The maximum Gasteiger partial charge on any atom is 0.446 e. The van der Waals surface area contributed by atoms with Crippen molar-refractivity contribution in [1.82, 2.24) is 0 Å². The van der Waals surface area contributed by atoms with Gasteiger partial charge in [0.05, 0.1) is 5.02 Å². The van der Waals surface area contributed by atoms with E-state index in [0.717, 1.165) is 0 Å². The van der Waals surface area contributed by atoms with Gasteiger partial charge in [-0.15, -0.1) is 0 Å². The van der Waals surface area contributed by atoms with E-state index in [9.17, 15) is 18.0 Å². The van der Waals surface area contributed by atoms with Crippen molar-refractivity contribution in [2.75, 3.05) is 0 Å². The molecule has 0 bridgehead atoms. The lowest BCUT2D eigenvalue weighted by Gasteiger charge is -2.11. The van der Waals surface area contributed by atoms with Crippen molar-refractivity contribution >= 4 is 29.1 Å². The Labute approximate surface area is 100.0 Å². The predicted molar refractivity (Wildman–Crippen MR) is 58.0 cm³/mol. The first kappa shape index (κ1) is 13.4. The van der Waals surface area contributed by atoms with E-state index in [-0.39, 0.29) is 39.4 Å². The van der Waals surface area contributed by atoms with Crippen LogP contribution in [-0.2, 0) is 0 Å². The van der Waals surface area contributed by atoms with Gasteiger partial charge in [0.25, 0.3) is 0 Å². The van der Waals surface area contributed by atoms with Crippen LogP contribution in [0, 0.1) is 0 Å². The number of Topliss-reactive ketones (excluding diaryl/α,β-unsaturated/α-hetero) is 1. The monoisotopic (exact) mass is 268 g/mol. The smallest absolute Gasteiger partial charge is 0.294 e. The van der Waals surface area contributed by atoms with Crippen molar-refractivity contribution in [3.8, 4) is 0 Å². The third kappa shape index (κ3) is 3.42. The van der Waals surface area contributed by atoms with Gasteiger partial charge in [-0.05, 0) is 17.8 Å². The molecular weight excluding hydrogens is 261 g/mol. The molecule has 0 aliphatic rings. The first-order chi connectivity index (χ1) is 7.35. The molecule has 0 heterocycles. The standard InChI is InChI=1S/C10H8ClF3OS/c1-2-8(15)6-4-3-5-7(11)9(6)16-10(12,13)14/h3-5H,2H2,1H3. The number of carbonyl (C=O) groups excluding carboxylic acids is 1. The highest BCUT2D eigenvalue weighted by atomic mass is 35.5. The molecule has 0 unspecified atom stereocenters. The SMILES string of the molecule is CCC(=O)c1cccc(Cl)c1SC(F)(F)F. The topological polar surface area (TPSA) is 17.1 Å². The number of carbonyl (C=O) groups is 1. The number of thioether (sulfide) groups is 1. The number of alkyl halides is 3. The Bertz CT molecular complexity index is 404. The third-order valence-electron chi connectivity index (χ3n) is 1.81. The second-order valence-electron chi connectivity index (χ2n) is 2.94. The maximum absolute atomic E-state index is 12.3. The Kier molecular flexibility index (Phi) is 4.27. The summed E-state index contributed by atoms with van der Waals surface area (Å²) in [5.74, 6) is -0.353. The largest absolute Gasteiger partial charge is 0.446 e. The fourth-order valence-electron chi connectivity index (χ4n) is 1.14. The van der Waals surface area contributed by atoms with Crippen LogP contribution in [0.25, 0.3) is 0 Å². The van der Waals surface area contributed by atoms with Gasteiger partial charge in [-0.25, -0.2) is 0 Å². The Morgan fingerprint density at radius 2 is 2.06 bits per heavy atom. The van der Waals surface area contributed by atoms with Crippen LogP contribution in [-0.4, -0.2) is 11.3 Å². The number of hydrogen-bond donors (Lipinski definition) is 0. The summed E-state index contributed by atoms with van der Waals surface area (Å²) in [6.45, 7) is 1.59. The molecule has 6 heteroatoms. The van der Waals surface area contributed by atoms with Crippen LogP contribution in [0.3, 0.4) is 0 Å². The number of hydrogen-bond acceptors (Lipinski definition) is 2. The molecule has 0 saturated heterocycles. The average molecular weight is 269 g/mol. The average Bonchev–Trinajstić information content (AvgIpc) is 2.18. The van der Waals surface area contributed by atoms with Gasteiger partial charge in [-0.3, -0.25) is 4.79 Å². The molecule has 88 valence electrons. The molecule has 0 spiro atoms. The molecule has 0 fully saturated rings. The van der Waals surface area contributed by atoms with E-state index in [1.54, 1.807) is 6.92 Å². The van der Waals surface area contributed by atoms with E-state index in [1.807, 2.05) is 0 Å². The van der Waals surface area contributed by atoms with Crippen LogP contribution < -0.4 is 0 Å². The summed E-state index contributed by atoms with van der Waals surface area (Å²) in [4.78, 5) is 11.2. The minimum atomic E-state index is -4.45. The Morgan fingerprint density at radius 1 is 1.44 bits per heavy atom. The van der Waals surface area contributed by atoms with Gasteiger partial charge in [0.1, 0.15) is 0 Å². The molecule has 0 saturated carbocycles. The van der Waals surface area contributed by atoms with Crippen LogP contribution in [0.2, 0.25) is 5.02 Å². The first-order valence-electron chi connectivity index (χ1n) is 4.42. The van der Waals surface area contributed by atoms with Crippen molar-refractivity contribution in [2.45, 2.75) is 23.7 Å². The van der Waals surface area contributed by atoms with E-state index in [2.05, 4.69) is 0 Å². The van der Waals surface area contributed by atoms with E-state index >= 15 is 0 Å². The van der Waals surface area contributed by atoms with Gasteiger partial charge in [-0.2, -0.15) is 13.2 Å². The summed E-state index contributed by atoms with van der Waals surface area (Å²) in [6.07, 6.45) is 0.145. The van der Waals surface area contributed by atoms with Gasteiger partial charge in [0, 0.05) is 16.9 Å². The molecule has 1 nitrogen and oxygen atoms in total. The van der Waals surface area contributed by atoms with Crippen LogP contribution >= 0.6 is 23.4 Å². The lowest BCUT2D eigenvalue weighted by atomic mass is 10.1. The molecule has 0 N–H and O–H groups in total. The Hall–Kier alpha value is -0.680. The highest BCUT2D eigenvalue weighted by Crippen LogP contribution is 2.42. The van der Waals surface area contributed by atoms with Crippen molar-refractivity contribution in [1.29, 1.82) is 0 Å². The van der Waals surface area contributed by atoms with Crippen molar-refractivity contribution in [3.05, 3.63) is 28.8 Å². The minimum Gasteiger partial charge on any atom is -0.294 e. The molecule has 0 aliphatic heterocycles. The van der Waals surface area contributed by atoms with Gasteiger partial charge in [0.15, 0.2) is 5.78 Å². The summed E-state index contributed by atoms with van der Waals surface area (Å²) in [6, 6.07) is 4.15. The lowest BCUT2D eigenvalue weighted by molar-refractivity contribution is -0.0328. The molecule has 1 rings (SSSR count). The molecule has 1 aromatic carbocycles. The Morgan fingerprint density at radius 3 is 2.56 bits per heavy atom. The predicted octanol–water partition coefficient (Wildman–Crippen LogP) is 4.54. The van der Waals surface area contributed by atoms with Gasteiger partial charge in [-0.1, -0.05) is 30.7 Å². The molecule has 0 amide bonds. The first-order valence-corrected chi connectivity index (χ1v) is 5.62. The van der Waals surface area contributed by atoms with Gasteiger partial charge in [0.2, 0.25) is 0 Å². The van der Waals surface area contributed by atoms with Gasteiger partial charge < -0.3 is 0 Å². The minimum absolute atomic E-state index is 0.0253. The zero-order valence-electron chi connectivity index (χ0n) is 8.27. The summed E-state index contributed by atoms with van der Waals surface area (Å²) >= 11 is 5.31. The number of benzene rings is 1. The van der Waals surface area contributed by atoms with E-state index in [1.165, 1.54) is 18.2 Å². The number of halogens is 4. The normalized spacial score (nSPS) is 11.6. The second-order valence-corrected chi connectivity index (χ2v) is 4.42. The Balaban J connectivity index is 3.19. The summed E-state index contributed by atoms with van der Waals surface area (Å²) in [5.41, 5.74) is -4.43. The van der Waals surface area contributed by atoms with E-state index in [0.29, 0.717) is 0 Å². The summed E-state index contributed by atoms with van der Waals surface area (Å²) in [7, 11) is 0. The third-order valence-corrected chi connectivity index (χ3v) is 3.11. The quantitative estimate of drug-likeness (QED) is 0.591. The zero-order valence-corrected chi connectivity index (χ0v) is 9.84. The lowest BCUT2D eigenvalue weighted by Crippen LogP contribution is -2.05. The van der Waals surface area contributed by atoms with Crippen molar-refractivity contribution in [2.24, 2.45) is 0 Å². The number of ketones is 1. The van der Waals surface area contributed by atoms with Crippen LogP contribution in [0.5, 0.6) is 0 Å². The fourth-order valence-corrected chi connectivity index (χ4v) is 2.12. The number of rotatable bonds is 3. The molecule has 0 radical (unpaired) electrons. The van der Waals surface area contributed by atoms with Crippen molar-refractivity contribution < 1.29 is 18.0 Å². The van der Waals surface area contributed by atoms with E-state index in [4.69, 9.17) is 11.6 Å².